The van der Waals surface area contributed by atoms with Gasteiger partial charge in [0.25, 0.3) is 0 Å². The topological polar surface area (TPSA) is 47.9 Å². The summed E-state index contributed by atoms with van der Waals surface area (Å²) in [5.41, 5.74) is -0.358. The van der Waals surface area contributed by atoms with E-state index in [1.165, 1.54) is 6.08 Å². The molecule has 6 heteroatoms. The zero-order chi connectivity index (χ0) is 19.5. The van der Waals surface area contributed by atoms with Crippen molar-refractivity contribution in [3.63, 3.8) is 0 Å². The number of ether oxygens (including phenoxy) is 3. The Balaban J connectivity index is 1.72. The Hall–Kier alpha value is -1.50. The van der Waals surface area contributed by atoms with E-state index in [2.05, 4.69) is 0 Å². The zero-order valence-electron chi connectivity index (χ0n) is 16.0. The SMILES string of the molecule is CCCCOc1cc(F)c(/C=C(\C)C2(O)CCC3(CC2)OCCO3)cc1F. The Kier molecular flexibility index (Phi) is 6.18. The molecule has 2 aliphatic rings. The van der Waals surface area contributed by atoms with E-state index in [1.807, 2.05) is 6.92 Å². The second kappa shape index (κ2) is 8.25. The van der Waals surface area contributed by atoms with Crippen LogP contribution in [0.15, 0.2) is 17.7 Å². The summed E-state index contributed by atoms with van der Waals surface area (Å²) in [5.74, 6) is -1.83. The number of hydrogen-bond donors (Lipinski definition) is 1. The van der Waals surface area contributed by atoms with E-state index in [0.29, 0.717) is 51.1 Å². The predicted molar refractivity (Wildman–Crippen MR) is 98.5 cm³/mol. The Morgan fingerprint density at radius 2 is 1.81 bits per heavy atom. The number of rotatable bonds is 6. The minimum absolute atomic E-state index is 0.0791. The number of halogens is 2. The van der Waals surface area contributed by atoms with Gasteiger partial charge >= 0.3 is 0 Å². The van der Waals surface area contributed by atoms with Gasteiger partial charge < -0.3 is 19.3 Å². The number of hydrogen-bond acceptors (Lipinski definition) is 4. The van der Waals surface area contributed by atoms with Gasteiger partial charge in [0.2, 0.25) is 0 Å². The summed E-state index contributed by atoms with van der Waals surface area (Å²) >= 11 is 0. The van der Waals surface area contributed by atoms with Crippen LogP contribution in [0.4, 0.5) is 8.78 Å². The number of aliphatic hydroxyl groups is 1. The second-order valence-electron chi connectivity index (χ2n) is 7.47. The molecule has 3 rings (SSSR count). The van der Waals surface area contributed by atoms with Gasteiger partial charge in [-0.2, -0.15) is 0 Å². The third-order valence-electron chi connectivity index (χ3n) is 5.57. The monoisotopic (exact) mass is 382 g/mol. The molecule has 2 fully saturated rings. The van der Waals surface area contributed by atoms with Gasteiger partial charge in [-0.05, 0) is 37.8 Å². The lowest BCUT2D eigenvalue weighted by molar-refractivity contribution is -0.197. The van der Waals surface area contributed by atoms with Gasteiger partial charge in [0.1, 0.15) is 5.82 Å². The molecule has 150 valence electrons. The average Bonchev–Trinajstić information content (AvgIpc) is 3.10. The van der Waals surface area contributed by atoms with Gasteiger partial charge in [0.15, 0.2) is 17.4 Å². The van der Waals surface area contributed by atoms with Crippen LogP contribution in [-0.2, 0) is 9.47 Å². The molecular weight excluding hydrogens is 354 g/mol. The smallest absolute Gasteiger partial charge is 0.168 e. The summed E-state index contributed by atoms with van der Waals surface area (Å²) in [5, 5.41) is 11.0. The Labute approximate surface area is 159 Å². The van der Waals surface area contributed by atoms with Crippen molar-refractivity contribution in [1.82, 2.24) is 0 Å². The molecule has 1 aromatic rings. The molecule has 0 unspecified atom stereocenters. The van der Waals surface area contributed by atoms with Crippen LogP contribution in [-0.4, -0.2) is 36.3 Å². The fraction of sp³-hybridized carbons (Fsp3) is 0.619. The summed E-state index contributed by atoms with van der Waals surface area (Å²) in [6.45, 7) is 5.25. The summed E-state index contributed by atoms with van der Waals surface area (Å²) < 4.78 is 45.3. The van der Waals surface area contributed by atoms with E-state index in [4.69, 9.17) is 14.2 Å². The van der Waals surface area contributed by atoms with Crippen LogP contribution in [0.3, 0.4) is 0 Å². The van der Waals surface area contributed by atoms with Crippen molar-refractivity contribution >= 4 is 6.08 Å². The van der Waals surface area contributed by atoms with Gasteiger partial charge in [-0.3, -0.25) is 0 Å². The van der Waals surface area contributed by atoms with E-state index in [0.717, 1.165) is 25.0 Å². The molecule has 4 nitrogen and oxygen atoms in total. The van der Waals surface area contributed by atoms with Crippen molar-refractivity contribution in [3.8, 4) is 5.75 Å². The molecule has 1 aliphatic heterocycles. The molecule has 1 heterocycles. The fourth-order valence-corrected chi connectivity index (χ4v) is 3.68. The van der Waals surface area contributed by atoms with Gasteiger partial charge in [0, 0.05) is 24.5 Å². The van der Waals surface area contributed by atoms with Crippen LogP contribution >= 0.6 is 0 Å². The lowest BCUT2D eigenvalue weighted by Crippen LogP contribution is -2.44. The second-order valence-corrected chi connectivity index (χ2v) is 7.47. The summed E-state index contributed by atoms with van der Waals surface area (Å²) in [4.78, 5) is 0. The highest BCUT2D eigenvalue weighted by Crippen LogP contribution is 2.43. The highest BCUT2D eigenvalue weighted by atomic mass is 19.1. The first-order valence-electron chi connectivity index (χ1n) is 9.68. The molecule has 1 aliphatic carbocycles. The van der Waals surface area contributed by atoms with Crippen LogP contribution in [0.25, 0.3) is 6.08 Å². The quantitative estimate of drug-likeness (QED) is 0.731. The minimum atomic E-state index is -1.07. The van der Waals surface area contributed by atoms with E-state index in [9.17, 15) is 13.9 Å². The van der Waals surface area contributed by atoms with E-state index in [1.54, 1.807) is 6.92 Å². The maximum atomic E-state index is 14.4. The summed E-state index contributed by atoms with van der Waals surface area (Å²) in [7, 11) is 0. The van der Waals surface area contributed by atoms with Crippen molar-refractivity contribution in [2.75, 3.05) is 19.8 Å². The molecule has 1 spiro atoms. The molecule has 0 aromatic heterocycles. The zero-order valence-corrected chi connectivity index (χ0v) is 16.0. The van der Waals surface area contributed by atoms with Crippen molar-refractivity contribution < 1.29 is 28.1 Å². The maximum absolute atomic E-state index is 14.4. The summed E-state index contributed by atoms with van der Waals surface area (Å²) in [6.07, 6.45) is 5.28. The van der Waals surface area contributed by atoms with Crippen LogP contribution < -0.4 is 4.74 Å². The van der Waals surface area contributed by atoms with Crippen molar-refractivity contribution in [3.05, 3.63) is 34.9 Å². The van der Waals surface area contributed by atoms with Crippen molar-refractivity contribution in [2.24, 2.45) is 0 Å². The Morgan fingerprint density at radius 1 is 1.15 bits per heavy atom. The Bertz CT molecular complexity index is 686. The Morgan fingerprint density at radius 3 is 2.44 bits per heavy atom. The number of unbranched alkanes of at least 4 members (excludes halogenated alkanes) is 1. The average molecular weight is 382 g/mol. The fourth-order valence-electron chi connectivity index (χ4n) is 3.68. The molecule has 0 bridgehead atoms. The van der Waals surface area contributed by atoms with Gasteiger partial charge in [-0.25, -0.2) is 8.78 Å². The molecule has 0 radical (unpaired) electrons. The first-order chi connectivity index (χ1) is 12.9. The molecule has 1 aromatic carbocycles. The van der Waals surface area contributed by atoms with Gasteiger partial charge in [-0.1, -0.05) is 19.4 Å². The molecule has 1 saturated heterocycles. The van der Waals surface area contributed by atoms with Gasteiger partial charge in [-0.15, -0.1) is 0 Å². The van der Waals surface area contributed by atoms with Crippen LogP contribution in [0.1, 0.15) is 57.9 Å². The summed E-state index contributed by atoms with van der Waals surface area (Å²) in [6, 6.07) is 2.20. The molecule has 0 amide bonds. The van der Waals surface area contributed by atoms with E-state index >= 15 is 0 Å². The lowest BCUT2D eigenvalue weighted by atomic mass is 9.76. The minimum Gasteiger partial charge on any atom is -0.490 e. The van der Waals surface area contributed by atoms with Crippen molar-refractivity contribution in [2.45, 2.75) is 63.8 Å². The molecule has 1 N–H and O–H groups in total. The normalized spacial score (nSPS) is 21.6. The molecule has 0 atom stereocenters. The standard InChI is InChI=1S/C21H28F2O4/c1-3-4-9-25-19-14-17(22)16(13-18(19)23)12-15(2)20(24)5-7-21(8-6-20)26-10-11-27-21/h12-14,24H,3-11H2,1-2H3/b15-12+. The largest absolute Gasteiger partial charge is 0.490 e. The van der Waals surface area contributed by atoms with Crippen molar-refractivity contribution in [1.29, 1.82) is 0 Å². The molecule has 27 heavy (non-hydrogen) atoms. The molecular formula is C21H28F2O4. The molecule has 1 saturated carbocycles. The maximum Gasteiger partial charge on any atom is 0.168 e. The lowest BCUT2D eigenvalue weighted by Gasteiger charge is -2.41. The van der Waals surface area contributed by atoms with Gasteiger partial charge in [0.05, 0.1) is 25.4 Å². The predicted octanol–water partition coefficient (Wildman–Crippen LogP) is 4.60. The van der Waals surface area contributed by atoms with E-state index < -0.39 is 23.0 Å². The van der Waals surface area contributed by atoms with Crippen LogP contribution in [0, 0.1) is 11.6 Å². The third-order valence-corrected chi connectivity index (χ3v) is 5.57. The van der Waals surface area contributed by atoms with E-state index in [-0.39, 0.29) is 11.3 Å². The highest BCUT2D eigenvalue weighted by molar-refractivity contribution is 5.56. The van der Waals surface area contributed by atoms with Crippen LogP contribution in [0.5, 0.6) is 5.75 Å². The number of benzene rings is 1. The first-order valence-corrected chi connectivity index (χ1v) is 9.68. The first kappa shape index (κ1) is 20.2. The van der Waals surface area contributed by atoms with Crippen LogP contribution in [0.2, 0.25) is 0 Å². The highest BCUT2D eigenvalue weighted by Gasteiger charge is 2.46. The third kappa shape index (κ3) is 4.50.